The Morgan fingerprint density at radius 1 is 1.21 bits per heavy atom. The van der Waals surface area contributed by atoms with Crippen molar-refractivity contribution in [1.29, 1.82) is 0 Å². The van der Waals surface area contributed by atoms with E-state index >= 15 is 0 Å². The maximum atomic E-state index is 12.6. The van der Waals surface area contributed by atoms with Gasteiger partial charge < -0.3 is 14.2 Å². The van der Waals surface area contributed by atoms with Crippen molar-refractivity contribution in [1.82, 2.24) is 10.1 Å². The molecule has 1 fully saturated rings. The molecule has 1 atom stereocenters. The molecule has 1 amide bonds. The number of anilines is 1. The Balaban J connectivity index is 1.57. The first-order valence-electron chi connectivity index (χ1n) is 9.01. The second-order valence-corrected chi connectivity index (χ2v) is 7.41. The molecule has 1 aliphatic heterocycles. The number of methoxy groups -OCH3 is 1. The van der Waals surface area contributed by atoms with Crippen LogP contribution < -0.4 is 9.64 Å². The SMILES string of the molecule is COc1ccc(N2CC(c3nc(-c4cc(C)ccc4C)no3)CC2=O)cc1Cl. The maximum Gasteiger partial charge on any atom is 0.232 e. The Bertz CT molecular complexity index is 1050. The molecular formula is C21H20ClN3O3. The summed E-state index contributed by atoms with van der Waals surface area (Å²) >= 11 is 6.20. The highest BCUT2D eigenvalue weighted by molar-refractivity contribution is 6.32. The minimum Gasteiger partial charge on any atom is -0.495 e. The van der Waals surface area contributed by atoms with Crippen LogP contribution in [0.15, 0.2) is 40.9 Å². The number of carbonyl (C=O) groups is 1. The average Bonchev–Trinajstić information content (AvgIpc) is 3.30. The second-order valence-electron chi connectivity index (χ2n) is 7.00. The number of halogens is 1. The number of amides is 1. The molecule has 1 aromatic heterocycles. The molecule has 7 heteroatoms. The number of aryl methyl sites for hydroxylation is 2. The van der Waals surface area contributed by atoms with Gasteiger partial charge >= 0.3 is 0 Å². The third kappa shape index (κ3) is 3.36. The number of carbonyl (C=O) groups excluding carboxylic acids is 1. The van der Waals surface area contributed by atoms with Gasteiger partial charge in [-0.15, -0.1) is 0 Å². The minimum atomic E-state index is -0.153. The highest BCUT2D eigenvalue weighted by Crippen LogP contribution is 2.35. The van der Waals surface area contributed by atoms with Crippen LogP contribution in [-0.4, -0.2) is 29.7 Å². The van der Waals surface area contributed by atoms with Gasteiger partial charge in [-0.1, -0.05) is 34.5 Å². The van der Waals surface area contributed by atoms with E-state index in [1.165, 1.54) is 0 Å². The van der Waals surface area contributed by atoms with E-state index in [4.69, 9.17) is 20.9 Å². The number of hydrogen-bond acceptors (Lipinski definition) is 5. The zero-order valence-corrected chi connectivity index (χ0v) is 16.7. The monoisotopic (exact) mass is 397 g/mol. The Hall–Kier alpha value is -2.86. The molecular weight excluding hydrogens is 378 g/mol. The molecule has 1 saturated heterocycles. The number of nitrogens with zero attached hydrogens (tertiary/aromatic N) is 3. The fraction of sp³-hybridized carbons (Fsp3) is 0.286. The smallest absolute Gasteiger partial charge is 0.232 e. The summed E-state index contributed by atoms with van der Waals surface area (Å²) in [5.41, 5.74) is 3.88. The predicted molar refractivity (Wildman–Crippen MR) is 107 cm³/mol. The normalized spacial score (nSPS) is 16.6. The van der Waals surface area contributed by atoms with Gasteiger partial charge in [0.05, 0.1) is 18.1 Å². The standard InChI is InChI=1S/C21H20ClN3O3/c1-12-4-5-13(2)16(8-12)20-23-21(28-24-20)14-9-19(26)25(11-14)15-6-7-18(27-3)17(22)10-15/h4-8,10,14H,9,11H2,1-3H3. The lowest BCUT2D eigenvalue weighted by atomic mass is 10.1. The first-order chi connectivity index (χ1) is 13.5. The second kappa shape index (κ2) is 7.28. The molecule has 6 nitrogen and oxygen atoms in total. The van der Waals surface area contributed by atoms with Gasteiger partial charge in [0.1, 0.15) is 5.75 Å². The zero-order chi connectivity index (χ0) is 19.8. The molecule has 1 aliphatic rings. The van der Waals surface area contributed by atoms with Gasteiger partial charge in [0, 0.05) is 24.2 Å². The summed E-state index contributed by atoms with van der Waals surface area (Å²) in [6.07, 6.45) is 0.318. The van der Waals surface area contributed by atoms with Crippen molar-refractivity contribution >= 4 is 23.2 Å². The number of ether oxygens (including phenoxy) is 1. The van der Waals surface area contributed by atoms with Crippen molar-refractivity contribution in [2.45, 2.75) is 26.2 Å². The van der Waals surface area contributed by atoms with Crippen molar-refractivity contribution in [3.8, 4) is 17.1 Å². The van der Waals surface area contributed by atoms with E-state index in [1.807, 2.05) is 38.1 Å². The molecule has 0 radical (unpaired) electrons. The predicted octanol–water partition coefficient (Wildman–Crippen LogP) is 4.54. The summed E-state index contributed by atoms with van der Waals surface area (Å²) < 4.78 is 10.7. The van der Waals surface area contributed by atoms with Gasteiger partial charge in [-0.2, -0.15) is 4.98 Å². The van der Waals surface area contributed by atoms with E-state index in [0.717, 1.165) is 22.4 Å². The summed E-state index contributed by atoms with van der Waals surface area (Å²) in [6, 6.07) is 11.4. The quantitative estimate of drug-likeness (QED) is 0.646. The molecule has 28 heavy (non-hydrogen) atoms. The Kier molecular flexibility index (Phi) is 4.81. The highest BCUT2D eigenvalue weighted by atomic mass is 35.5. The van der Waals surface area contributed by atoms with Crippen LogP contribution in [0.4, 0.5) is 5.69 Å². The van der Waals surface area contributed by atoms with Crippen molar-refractivity contribution in [2.75, 3.05) is 18.6 Å². The number of benzene rings is 2. The van der Waals surface area contributed by atoms with Crippen LogP contribution in [0.25, 0.3) is 11.4 Å². The van der Waals surface area contributed by atoms with Crippen LogP contribution >= 0.6 is 11.6 Å². The summed E-state index contributed by atoms with van der Waals surface area (Å²) in [5.74, 6) is 1.45. The number of hydrogen-bond donors (Lipinski definition) is 0. The third-order valence-electron chi connectivity index (χ3n) is 5.00. The van der Waals surface area contributed by atoms with Gasteiger partial charge in [-0.25, -0.2) is 0 Å². The van der Waals surface area contributed by atoms with Crippen molar-refractivity contribution in [3.63, 3.8) is 0 Å². The number of rotatable bonds is 4. The molecule has 0 saturated carbocycles. The van der Waals surface area contributed by atoms with E-state index in [0.29, 0.717) is 35.5 Å². The first kappa shape index (κ1) is 18.5. The molecule has 2 heterocycles. The number of aromatic nitrogens is 2. The van der Waals surface area contributed by atoms with Crippen LogP contribution in [0.2, 0.25) is 5.02 Å². The van der Waals surface area contributed by atoms with Crippen LogP contribution in [0.1, 0.15) is 29.4 Å². The zero-order valence-electron chi connectivity index (χ0n) is 15.9. The lowest BCUT2D eigenvalue weighted by Gasteiger charge is -2.17. The topological polar surface area (TPSA) is 68.5 Å². The lowest BCUT2D eigenvalue weighted by molar-refractivity contribution is -0.117. The summed E-state index contributed by atoms with van der Waals surface area (Å²) in [5, 5.41) is 4.60. The Morgan fingerprint density at radius 2 is 2.04 bits per heavy atom. The van der Waals surface area contributed by atoms with E-state index in [-0.39, 0.29) is 11.8 Å². The molecule has 4 rings (SSSR count). The van der Waals surface area contributed by atoms with Crippen LogP contribution in [0, 0.1) is 13.8 Å². The molecule has 2 aromatic carbocycles. The Labute approximate surface area is 168 Å². The van der Waals surface area contributed by atoms with Crippen LogP contribution in [0.5, 0.6) is 5.75 Å². The van der Waals surface area contributed by atoms with Crippen molar-refractivity contribution in [2.24, 2.45) is 0 Å². The molecule has 3 aromatic rings. The summed E-state index contributed by atoms with van der Waals surface area (Å²) in [7, 11) is 1.56. The molecule has 0 spiro atoms. The highest BCUT2D eigenvalue weighted by Gasteiger charge is 2.35. The van der Waals surface area contributed by atoms with E-state index in [1.54, 1.807) is 24.1 Å². The van der Waals surface area contributed by atoms with Gasteiger partial charge in [0.2, 0.25) is 17.6 Å². The minimum absolute atomic E-state index is 0.00211. The van der Waals surface area contributed by atoms with Gasteiger partial charge in [0.25, 0.3) is 0 Å². The molecule has 0 aliphatic carbocycles. The van der Waals surface area contributed by atoms with Crippen LogP contribution in [0.3, 0.4) is 0 Å². The average molecular weight is 398 g/mol. The van der Waals surface area contributed by atoms with Crippen molar-refractivity contribution < 1.29 is 14.1 Å². The summed E-state index contributed by atoms with van der Waals surface area (Å²) in [6.45, 7) is 4.51. The molecule has 144 valence electrons. The van der Waals surface area contributed by atoms with Gasteiger partial charge in [-0.3, -0.25) is 4.79 Å². The third-order valence-corrected chi connectivity index (χ3v) is 5.29. The molecule has 0 bridgehead atoms. The van der Waals surface area contributed by atoms with Gasteiger partial charge in [-0.05, 0) is 43.7 Å². The fourth-order valence-corrected chi connectivity index (χ4v) is 3.68. The lowest BCUT2D eigenvalue weighted by Crippen LogP contribution is -2.24. The largest absolute Gasteiger partial charge is 0.495 e. The van der Waals surface area contributed by atoms with E-state index in [2.05, 4.69) is 10.1 Å². The fourth-order valence-electron chi connectivity index (χ4n) is 3.43. The molecule has 1 unspecified atom stereocenters. The van der Waals surface area contributed by atoms with Crippen LogP contribution in [-0.2, 0) is 4.79 Å². The van der Waals surface area contributed by atoms with Crippen molar-refractivity contribution in [3.05, 3.63) is 58.4 Å². The summed E-state index contributed by atoms with van der Waals surface area (Å²) in [4.78, 5) is 18.8. The van der Waals surface area contributed by atoms with Gasteiger partial charge in [0.15, 0.2) is 0 Å². The van der Waals surface area contributed by atoms with E-state index in [9.17, 15) is 4.79 Å². The maximum absolute atomic E-state index is 12.6. The molecule has 0 N–H and O–H groups in total. The van der Waals surface area contributed by atoms with E-state index < -0.39 is 0 Å². The Morgan fingerprint density at radius 3 is 2.79 bits per heavy atom. The first-order valence-corrected chi connectivity index (χ1v) is 9.39.